The van der Waals surface area contributed by atoms with Gasteiger partial charge >= 0.3 is 5.97 Å². The molecule has 0 bridgehead atoms. The topological polar surface area (TPSA) is 68.7 Å². The summed E-state index contributed by atoms with van der Waals surface area (Å²) in [6.45, 7) is 1.50. The van der Waals surface area contributed by atoms with E-state index in [4.69, 9.17) is 9.47 Å². The zero-order valence-electron chi connectivity index (χ0n) is 15.9. The van der Waals surface area contributed by atoms with Crippen LogP contribution in [0.3, 0.4) is 0 Å². The van der Waals surface area contributed by atoms with Crippen molar-refractivity contribution >= 4 is 23.2 Å². The lowest BCUT2D eigenvalue weighted by Crippen LogP contribution is -2.41. The maximum Gasteiger partial charge on any atom is 0.309 e. The van der Waals surface area contributed by atoms with E-state index in [1.165, 1.54) is 11.3 Å². The van der Waals surface area contributed by atoms with E-state index >= 15 is 0 Å². The van der Waals surface area contributed by atoms with Gasteiger partial charge in [-0.05, 0) is 37.8 Å². The van der Waals surface area contributed by atoms with E-state index in [9.17, 15) is 9.59 Å². The molecule has 2 heterocycles. The van der Waals surface area contributed by atoms with Crippen LogP contribution in [0.4, 0.5) is 0 Å². The second-order valence-corrected chi connectivity index (χ2v) is 8.22. The smallest absolute Gasteiger partial charge is 0.309 e. The zero-order chi connectivity index (χ0) is 19.5. The Balaban J connectivity index is 1.27. The van der Waals surface area contributed by atoms with Crippen LogP contribution in [-0.4, -0.2) is 42.0 Å². The van der Waals surface area contributed by atoms with Gasteiger partial charge in [0.25, 0.3) is 0 Å². The van der Waals surface area contributed by atoms with E-state index in [0.717, 1.165) is 34.9 Å². The Morgan fingerprint density at radius 1 is 1.18 bits per heavy atom. The minimum atomic E-state index is -0.186. The average molecular weight is 401 g/mol. The number of hydrogen-bond acceptors (Lipinski definition) is 6. The summed E-state index contributed by atoms with van der Waals surface area (Å²) in [6, 6.07) is 7.73. The first-order valence-electron chi connectivity index (χ1n) is 9.68. The summed E-state index contributed by atoms with van der Waals surface area (Å²) < 4.78 is 10.7. The molecule has 2 fully saturated rings. The van der Waals surface area contributed by atoms with E-state index in [-0.39, 0.29) is 30.3 Å². The summed E-state index contributed by atoms with van der Waals surface area (Å²) in [5, 5.41) is 2.79. The van der Waals surface area contributed by atoms with E-state index in [0.29, 0.717) is 25.9 Å². The molecule has 1 aliphatic carbocycles. The molecule has 0 radical (unpaired) electrons. The van der Waals surface area contributed by atoms with Gasteiger partial charge in [-0.2, -0.15) is 0 Å². The first-order valence-corrected chi connectivity index (χ1v) is 10.6. The van der Waals surface area contributed by atoms with Crippen LogP contribution >= 0.6 is 11.3 Å². The Morgan fingerprint density at radius 3 is 2.68 bits per heavy atom. The number of carbonyl (C=O) groups excluding carboxylic acids is 2. The van der Waals surface area contributed by atoms with E-state index in [1.54, 1.807) is 7.11 Å². The van der Waals surface area contributed by atoms with Crippen molar-refractivity contribution in [3.63, 3.8) is 0 Å². The fourth-order valence-corrected chi connectivity index (χ4v) is 4.25. The molecule has 1 aromatic carbocycles. The molecule has 4 rings (SSSR count). The van der Waals surface area contributed by atoms with Gasteiger partial charge in [0.2, 0.25) is 5.91 Å². The van der Waals surface area contributed by atoms with Crippen LogP contribution in [0.2, 0.25) is 0 Å². The highest BCUT2D eigenvalue weighted by Gasteiger charge is 2.36. The summed E-state index contributed by atoms with van der Waals surface area (Å²) in [6.07, 6.45) is 3.41. The summed E-state index contributed by atoms with van der Waals surface area (Å²) in [7, 11) is 1.64. The van der Waals surface area contributed by atoms with Gasteiger partial charge in [-0.3, -0.25) is 9.59 Å². The lowest BCUT2D eigenvalue weighted by molar-refractivity contribution is -0.153. The fraction of sp³-hybridized carbons (Fsp3) is 0.476. The molecule has 7 heteroatoms. The SMILES string of the molecule is COc1cccc(-c2nc(COC(=O)C3CCN(C(=O)C4CC4)CC3)cs2)c1. The maximum atomic E-state index is 12.4. The van der Waals surface area contributed by atoms with Gasteiger partial charge in [0, 0.05) is 30.0 Å². The van der Waals surface area contributed by atoms with Gasteiger partial charge in [-0.25, -0.2) is 4.98 Å². The van der Waals surface area contributed by atoms with Crippen LogP contribution in [-0.2, 0) is 20.9 Å². The van der Waals surface area contributed by atoms with Crippen LogP contribution < -0.4 is 4.74 Å². The molecule has 2 aromatic rings. The highest BCUT2D eigenvalue weighted by molar-refractivity contribution is 7.13. The Morgan fingerprint density at radius 2 is 1.96 bits per heavy atom. The van der Waals surface area contributed by atoms with E-state index < -0.39 is 0 Å². The number of amides is 1. The van der Waals surface area contributed by atoms with Gasteiger partial charge in [0.15, 0.2) is 0 Å². The molecular weight excluding hydrogens is 376 g/mol. The average Bonchev–Trinajstić information content (AvgIpc) is 3.49. The number of benzene rings is 1. The molecule has 2 aliphatic rings. The molecular formula is C21H24N2O4S. The van der Waals surface area contributed by atoms with Crippen molar-refractivity contribution in [2.45, 2.75) is 32.3 Å². The summed E-state index contributed by atoms with van der Waals surface area (Å²) in [5.74, 6) is 0.979. The Bertz CT molecular complexity index is 854. The number of methoxy groups -OCH3 is 1. The third-order valence-electron chi connectivity index (χ3n) is 5.30. The number of ether oxygens (including phenoxy) is 2. The third kappa shape index (κ3) is 4.35. The molecule has 0 unspecified atom stereocenters. The van der Waals surface area contributed by atoms with Crippen molar-refractivity contribution in [1.29, 1.82) is 0 Å². The van der Waals surface area contributed by atoms with Gasteiger partial charge in [-0.15, -0.1) is 11.3 Å². The predicted molar refractivity (Wildman–Crippen MR) is 106 cm³/mol. The largest absolute Gasteiger partial charge is 0.497 e. The molecule has 1 aliphatic heterocycles. The minimum absolute atomic E-state index is 0.125. The molecule has 6 nitrogen and oxygen atoms in total. The molecule has 1 saturated carbocycles. The van der Waals surface area contributed by atoms with Crippen molar-refractivity contribution in [2.75, 3.05) is 20.2 Å². The van der Waals surface area contributed by atoms with Gasteiger partial charge in [-0.1, -0.05) is 12.1 Å². The highest BCUT2D eigenvalue weighted by Crippen LogP contribution is 2.32. The standard InChI is InChI=1S/C21H24N2O4S/c1-26-18-4-2-3-16(11-18)19-22-17(13-28-19)12-27-21(25)15-7-9-23(10-8-15)20(24)14-5-6-14/h2-4,11,13-15H,5-10,12H2,1H3. The molecule has 0 spiro atoms. The number of piperidine rings is 1. The highest BCUT2D eigenvalue weighted by atomic mass is 32.1. The Hall–Kier alpha value is -2.41. The number of thiazole rings is 1. The third-order valence-corrected chi connectivity index (χ3v) is 6.24. The Kier molecular flexibility index (Phi) is 5.62. The number of likely N-dealkylation sites (tertiary alicyclic amines) is 1. The number of hydrogen-bond donors (Lipinski definition) is 0. The zero-order valence-corrected chi connectivity index (χ0v) is 16.7. The normalized spacial score (nSPS) is 17.4. The second kappa shape index (κ2) is 8.31. The van der Waals surface area contributed by atoms with Crippen LogP contribution in [0.1, 0.15) is 31.4 Å². The Labute approximate surface area is 168 Å². The fourth-order valence-electron chi connectivity index (χ4n) is 3.45. The van der Waals surface area contributed by atoms with Crippen molar-refractivity contribution in [3.8, 4) is 16.3 Å². The molecule has 1 amide bonds. The summed E-state index contributed by atoms with van der Waals surface area (Å²) >= 11 is 1.52. The van der Waals surface area contributed by atoms with E-state index in [2.05, 4.69) is 4.98 Å². The summed E-state index contributed by atoms with van der Waals surface area (Å²) in [5.41, 5.74) is 1.73. The van der Waals surface area contributed by atoms with Gasteiger partial charge < -0.3 is 14.4 Å². The van der Waals surface area contributed by atoms with Crippen molar-refractivity contribution in [3.05, 3.63) is 35.3 Å². The van der Waals surface area contributed by atoms with Crippen LogP contribution in [0, 0.1) is 11.8 Å². The molecule has 0 N–H and O–H groups in total. The number of nitrogens with zero attached hydrogens (tertiary/aromatic N) is 2. The van der Waals surface area contributed by atoms with Crippen LogP contribution in [0.25, 0.3) is 10.6 Å². The molecule has 148 valence electrons. The molecule has 1 aromatic heterocycles. The van der Waals surface area contributed by atoms with Crippen molar-refractivity contribution in [2.24, 2.45) is 11.8 Å². The minimum Gasteiger partial charge on any atom is -0.497 e. The number of rotatable bonds is 6. The monoisotopic (exact) mass is 400 g/mol. The lowest BCUT2D eigenvalue weighted by atomic mass is 9.97. The number of aromatic nitrogens is 1. The molecule has 28 heavy (non-hydrogen) atoms. The predicted octanol–water partition coefficient (Wildman–Crippen LogP) is 3.51. The first-order chi connectivity index (χ1) is 13.6. The molecule has 0 atom stereocenters. The number of esters is 1. The quantitative estimate of drug-likeness (QED) is 0.694. The van der Waals surface area contributed by atoms with Crippen molar-refractivity contribution in [1.82, 2.24) is 9.88 Å². The second-order valence-electron chi connectivity index (χ2n) is 7.36. The van der Waals surface area contributed by atoms with Gasteiger partial charge in [0.05, 0.1) is 18.7 Å². The lowest BCUT2D eigenvalue weighted by Gasteiger charge is -2.31. The molecule has 1 saturated heterocycles. The summed E-state index contributed by atoms with van der Waals surface area (Å²) in [4.78, 5) is 31.0. The van der Waals surface area contributed by atoms with E-state index in [1.807, 2.05) is 34.5 Å². The van der Waals surface area contributed by atoms with Crippen LogP contribution in [0.15, 0.2) is 29.6 Å². The first kappa shape index (κ1) is 18.9. The van der Waals surface area contributed by atoms with Crippen LogP contribution in [0.5, 0.6) is 5.75 Å². The number of carbonyl (C=O) groups is 2. The van der Waals surface area contributed by atoms with Crippen molar-refractivity contribution < 1.29 is 19.1 Å². The maximum absolute atomic E-state index is 12.4. The van der Waals surface area contributed by atoms with Gasteiger partial charge in [0.1, 0.15) is 17.4 Å².